The number of phenols is 1. The summed E-state index contributed by atoms with van der Waals surface area (Å²) in [6, 6.07) is 43.7. The van der Waals surface area contributed by atoms with Crippen LogP contribution in [0.15, 0.2) is 140 Å². The highest BCUT2D eigenvalue weighted by molar-refractivity contribution is 7.23. The standard InChI is InChI=1S/C31H31NO2S.C30H29NO3S/c1-2-23-9-16-28-29(31(35-30(28)22-23)25-10-12-26(33)13-11-25)21-24-7-14-27(15-8-24)34-20-6-19-32-17-4-3-5-18-32;1-3-21-6-15-26-27(20-21)35-30(23-9-11-24(33-2)12-10-23)28(26)29(32)22-7-13-25(14-8-22)34-19-18-31-16-4-5-17-31/h1,7-16,22,33H,3-6,17-21H2;3,6-15,20H,1,4-5,16-19H2,2H3. The fourth-order valence-electron chi connectivity index (χ4n) is 9.39. The van der Waals surface area contributed by atoms with Crippen molar-refractivity contribution in [2.24, 2.45) is 0 Å². The van der Waals surface area contributed by atoms with Crippen molar-refractivity contribution in [3.63, 3.8) is 0 Å². The normalized spacial score (nSPS) is 13.9. The Labute approximate surface area is 420 Å². The van der Waals surface area contributed by atoms with E-state index in [0.717, 1.165) is 106 Å². The average Bonchev–Trinajstić information content (AvgIpc) is 4.16. The lowest BCUT2D eigenvalue weighted by Gasteiger charge is -2.26. The molecule has 1 N–H and O–H groups in total. The quantitative estimate of drug-likeness (QED) is 0.0554. The third-order valence-electron chi connectivity index (χ3n) is 13.2. The van der Waals surface area contributed by atoms with E-state index in [9.17, 15) is 9.90 Å². The third-order valence-corrected chi connectivity index (χ3v) is 15.7. The molecule has 7 nitrogen and oxygen atoms in total. The number of carbonyl (C=O) groups excluding carboxylic acids is 1. The molecule has 0 bridgehead atoms. The molecule has 356 valence electrons. The van der Waals surface area contributed by atoms with Crippen LogP contribution in [0.2, 0.25) is 0 Å². The number of carbonyl (C=O) groups is 1. The van der Waals surface area contributed by atoms with Gasteiger partial charge in [0, 0.05) is 54.3 Å². The molecule has 0 atom stereocenters. The smallest absolute Gasteiger partial charge is 0.195 e. The summed E-state index contributed by atoms with van der Waals surface area (Å²) in [7, 11) is 1.65. The molecule has 2 aromatic heterocycles. The molecule has 10 rings (SSSR count). The summed E-state index contributed by atoms with van der Waals surface area (Å²) in [4.78, 5) is 21.0. The third kappa shape index (κ3) is 11.8. The Balaban J connectivity index is 0.000000174. The molecule has 4 heterocycles. The minimum absolute atomic E-state index is 0.0111. The van der Waals surface area contributed by atoms with Crippen LogP contribution in [0.3, 0.4) is 0 Å². The number of nitrogens with zero attached hydrogens (tertiary/aromatic N) is 2. The molecule has 2 fully saturated rings. The monoisotopic (exact) mass is 964 g/mol. The van der Waals surface area contributed by atoms with Crippen molar-refractivity contribution in [3.05, 3.63) is 173 Å². The van der Waals surface area contributed by atoms with Gasteiger partial charge in [-0.05, 0) is 201 Å². The minimum Gasteiger partial charge on any atom is -0.508 e. The van der Waals surface area contributed by atoms with Crippen LogP contribution in [0.4, 0.5) is 0 Å². The summed E-state index contributed by atoms with van der Waals surface area (Å²) in [6.07, 6.45) is 16.0. The number of hydrogen-bond donors (Lipinski definition) is 1. The second-order valence-electron chi connectivity index (χ2n) is 18.0. The van der Waals surface area contributed by atoms with Crippen LogP contribution in [-0.2, 0) is 6.42 Å². The molecule has 0 unspecified atom stereocenters. The molecule has 2 aliphatic rings. The Bertz CT molecular complexity index is 3060. The van der Waals surface area contributed by atoms with E-state index in [1.54, 1.807) is 41.9 Å². The molecule has 2 aliphatic heterocycles. The number of likely N-dealkylation sites (tertiary alicyclic amines) is 2. The van der Waals surface area contributed by atoms with Crippen LogP contribution in [0.25, 0.3) is 47.1 Å². The van der Waals surface area contributed by atoms with Gasteiger partial charge < -0.3 is 24.2 Å². The van der Waals surface area contributed by atoms with Crippen molar-refractivity contribution < 1.29 is 24.1 Å². The number of terminal acetylenes is 1. The lowest BCUT2D eigenvalue weighted by atomic mass is 9.97. The molecule has 9 heteroatoms. The van der Waals surface area contributed by atoms with Gasteiger partial charge in [-0.15, -0.1) is 29.1 Å². The van der Waals surface area contributed by atoms with Crippen LogP contribution in [0.5, 0.6) is 23.0 Å². The first-order valence-corrected chi connectivity index (χ1v) is 26.1. The average molecular weight is 965 g/mol. The number of ether oxygens (including phenoxy) is 3. The zero-order valence-electron chi connectivity index (χ0n) is 40.0. The van der Waals surface area contributed by atoms with E-state index in [0.29, 0.717) is 12.2 Å². The predicted octanol–water partition coefficient (Wildman–Crippen LogP) is 14.0. The van der Waals surface area contributed by atoms with E-state index < -0.39 is 0 Å². The number of aromatic hydroxyl groups is 1. The number of fused-ring (bicyclic) bond motifs is 2. The molecule has 2 saturated heterocycles. The number of methoxy groups -OCH3 is 1. The Hall–Kier alpha value is -6.67. The Morgan fingerprint density at radius 2 is 1.26 bits per heavy atom. The van der Waals surface area contributed by atoms with Crippen LogP contribution in [0.1, 0.15) is 76.7 Å². The fourth-order valence-corrected chi connectivity index (χ4v) is 11.9. The Morgan fingerprint density at radius 1 is 0.671 bits per heavy atom. The summed E-state index contributed by atoms with van der Waals surface area (Å²) in [6.45, 7) is 12.2. The van der Waals surface area contributed by atoms with Crippen molar-refractivity contribution >= 4 is 54.7 Å². The number of thiophene rings is 2. The van der Waals surface area contributed by atoms with Gasteiger partial charge in [0.2, 0.25) is 0 Å². The molecule has 0 saturated carbocycles. The van der Waals surface area contributed by atoms with Gasteiger partial charge in [-0.3, -0.25) is 9.69 Å². The lowest BCUT2D eigenvalue weighted by molar-refractivity contribution is 0.104. The van der Waals surface area contributed by atoms with Gasteiger partial charge in [-0.1, -0.05) is 55.3 Å². The SMILES string of the molecule is C#Cc1ccc2c(Cc3ccc(OCCCN4CCCCC4)cc3)c(-c3ccc(O)cc3)sc2c1.C=Cc1ccc2c(C(=O)c3ccc(OCCN4CCCC4)cc3)c(-c3ccc(OC)cc3)sc2c1. The van der Waals surface area contributed by atoms with E-state index in [4.69, 9.17) is 20.6 Å². The summed E-state index contributed by atoms with van der Waals surface area (Å²) in [5, 5.41) is 11.9. The molecule has 6 aromatic carbocycles. The van der Waals surface area contributed by atoms with Gasteiger partial charge in [-0.25, -0.2) is 0 Å². The second-order valence-corrected chi connectivity index (χ2v) is 20.1. The van der Waals surface area contributed by atoms with Crippen LogP contribution in [0, 0.1) is 12.3 Å². The first-order valence-electron chi connectivity index (χ1n) is 24.4. The summed E-state index contributed by atoms with van der Waals surface area (Å²) < 4.78 is 19.5. The Morgan fingerprint density at radius 3 is 1.94 bits per heavy atom. The van der Waals surface area contributed by atoms with Gasteiger partial charge >= 0.3 is 0 Å². The van der Waals surface area contributed by atoms with Gasteiger partial charge in [0.1, 0.15) is 29.6 Å². The Kier molecular flexibility index (Phi) is 16.1. The van der Waals surface area contributed by atoms with Crippen molar-refractivity contribution in [2.45, 2.75) is 44.9 Å². The van der Waals surface area contributed by atoms with E-state index in [1.807, 2.05) is 84.9 Å². The maximum atomic E-state index is 13.8. The molecule has 8 aromatic rings. The van der Waals surface area contributed by atoms with Crippen molar-refractivity contribution in [1.82, 2.24) is 9.80 Å². The molecule has 0 amide bonds. The van der Waals surface area contributed by atoms with E-state index >= 15 is 0 Å². The zero-order valence-corrected chi connectivity index (χ0v) is 41.6. The zero-order chi connectivity index (χ0) is 48.2. The molecule has 70 heavy (non-hydrogen) atoms. The molecular weight excluding hydrogens is 905 g/mol. The molecule has 0 radical (unpaired) electrons. The molecule has 0 aliphatic carbocycles. The topological polar surface area (TPSA) is 71.5 Å². The highest BCUT2D eigenvalue weighted by Crippen LogP contribution is 2.42. The van der Waals surface area contributed by atoms with Gasteiger partial charge in [-0.2, -0.15) is 0 Å². The number of benzene rings is 6. The van der Waals surface area contributed by atoms with Crippen LogP contribution < -0.4 is 14.2 Å². The summed E-state index contributed by atoms with van der Waals surface area (Å²) in [5.74, 6) is 5.55. The second kappa shape index (κ2) is 23.3. The van der Waals surface area contributed by atoms with Gasteiger partial charge in [0.25, 0.3) is 0 Å². The van der Waals surface area contributed by atoms with Crippen molar-refractivity contribution in [2.75, 3.05) is 59.6 Å². The van der Waals surface area contributed by atoms with Gasteiger partial charge in [0.05, 0.1) is 13.7 Å². The number of piperidine rings is 1. The number of rotatable bonds is 17. The van der Waals surface area contributed by atoms with Crippen LogP contribution in [-0.4, -0.2) is 80.3 Å². The van der Waals surface area contributed by atoms with E-state index in [2.05, 4.69) is 64.8 Å². The highest BCUT2D eigenvalue weighted by atomic mass is 32.1. The van der Waals surface area contributed by atoms with Crippen molar-refractivity contribution in [3.8, 4) is 56.2 Å². The van der Waals surface area contributed by atoms with Gasteiger partial charge in [0.15, 0.2) is 5.78 Å². The summed E-state index contributed by atoms with van der Waals surface area (Å²) in [5.41, 5.74) is 7.94. The van der Waals surface area contributed by atoms with Crippen LogP contribution >= 0.6 is 22.7 Å². The summed E-state index contributed by atoms with van der Waals surface area (Å²) >= 11 is 3.38. The fraction of sp³-hybridized carbons (Fsp3) is 0.262. The van der Waals surface area contributed by atoms with E-state index in [-0.39, 0.29) is 11.5 Å². The number of phenolic OH excluding ortho intramolecular Hbond substituents is 1. The number of hydrogen-bond acceptors (Lipinski definition) is 9. The molecular formula is C61H60N2O5S2. The highest BCUT2D eigenvalue weighted by Gasteiger charge is 2.22. The van der Waals surface area contributed by atoms with Crippen molar-refractivity contribution in [1.29, 1.82) is 0 Å². The largest absolute Gasteiger partial charge is 0.508 e. The number of ketones is 1. The maximum Gasteiger partial charge on any atom is 0.195 e. The predicted molar refractivity (Wildman–Crippen MR) is 291 cm³/mol. The first kappa shape index (κ1) is 48.4. The first-order chi connectivity index (χ1) is 34.3. The molecule has 0 spiro atoms. The minimum atomic E-state index is 0.0111. The van der Waals surface area contributed by atoms with E-state index in [1.165, 1.54) is 71.3 Å². The maximum absolute atomic E-state index is 13.8. The lowest BCUT2D eigenvalue weighted by Crippen LogP contribution is -2.31.